The maximum absolute atomic E-state index is 5.53. The Labute approximate surface area is 100 Å². The predicted molar refractivity (Wildman–Crippen MR) is 67.9 cm³/mol. The lowest BCUT2D eigenvalue weighted by molar-refractivity contribution is 0.415. The molecule has 2 rings (SSSR count). The molecule has 1 aromatic heterocycles. The number of rotatable bonds is 2. The highest BCUT2D eigenvalue weighted by molar-refractivity contribution is 5.71. The molecule has 88 valence electrons. The van der Waals surface area contributed by atoms with Gasteiger partial charge in [-0.05, 0) is 43.2 Å². The van der Waals surface area contributed by atoms with Crippen LogP contribution in [0.3, 0.4) is 0 Å². The van der Waals surface area contributed by atoms with E-state index in [1.54, 1.807) is 13.2 Å². The minimum Gasteiger partial charge on any atom is -0.496 e. The van der Waals surface area contributed by atoms with E-state index >= 15 is 0 Å². The molecule has 0 aliphatic rings. The lowest BCUT2D eigenvalue weighted by atomic mass is 10.0. The monoisotopic (exact) mass is 229 g/mol. The summed E-state index contributed by atoms with van der Waals surface area (Å²) in [5.41, 5.74) is 9.54. The highest BCUT2D eigenvalue weighted by Gasteiger charge is 2.11. The Hall–Kier alpha value is -2.10. The first-order chi connectivity index (χ1) is 8.11. The van der Waals surface area contributed by atoms with Gasteiger partial charge in [-0.15, -0.1) is 10.2 Å². The minimum absolute atomic E-state index is 0.414. The van der Waals surface area contributed by atoms with Gasteiger partial charge in [0, 0.05) is 5.56 Å². The summed E-state index contributed by atoms with van der Waals surface area (Å²) in [4.78, 5) is 0. The standard InChI is InChI=1S/C13H15N3O/c1-8-6-9(2)13(11(7-8)17-3)10-4-5-12(14)16-15-10/h4-7H,1-3H3,(H2,14,16). The normalized spacial score (nSPS) is 10.3. The highest BCUT2D eigenvalue weighted by atomic mass is 16.5. The smallest absolute Gasteiger partial charge is 0.146 e. The van der Waals surface area contributed by atoms with Crippen molar-refractivity contribution in [3.8, 4) is 17.0 Å². The van der Waals surface area contributed by atoms with E-state index in [1.807, 2.05) is 26.0 Å². The van der Waals surface area contributed by atoms with Crippen LogP contribution in [0.25, 0.3) is 11.3 Å². The van der Waals surface area contributed by atoms with Gasteiger partial charge in [0.15, 0.2) is 0 Å². The van der Waals surface area contributed by atoms with Gasteiger partial charge >= 0.3 is 0 Å². The SMILES string of the molecule is COc1cc(C)cc(C)c1-c1ccc(N)nn1. The number of hydrogen-bond donors (Lipinski definition) is 1. The van der Waals surface area contributed by atoms with Crippen LogP contribution in [-0.4, -0.2) is 17.3 Å². The van der Waals surface area contributed by atoms with Gasteiger partial charge < -0.3 is 10.5 Å². The maximum atomic E-state index is 5.53. The van der Waals surface area contributed by atoms with Gasteiger partial charge in [0.05, 0.1) is 12.8 Å². The van der Waals surface area contributed by atoms with Gasteiger partial charge in [-0.2, -0.15) is 0 Å². The Morgan fingerprint density at radius 3 is 2.47 bits per heavy atom. The van der Waals surface area contributed by atoms with Crippen LogP contribution in [0.5, 0.6) is 5.75 Å². The van der Waals surface area contributed by atoms with Gasteiger partial charge in [0.25, 0.3) is 0 Å². The van der Waals surface area contributed by atoms with Crippen molar-refractivity contribution in [2.75, 3.05) is 12.8 Å². The fourth-order valence-corrected chi connectivity index (χ4v) is 1.89. The van der Waals surface area contributed by atoms with Crippen molar-refractivity contribution in [2.45, 2.75) is 13.8 Å². The van der Waals surface area contributed by atoms with Crippen LogP contribution in [0.4, 0.5) is 5.82 Å². The average Bonchev–Trinajstić information content (AvgIpc) is 2.30. The largest absolute Gasteiger partial charge is 0.496 e. The lowest BCUT2D eigenvalue weighted by Gasteiger charge is -2.12. The quantitative estimate of drug-likeness (QED) is 0.858. The molecule has 2 N–H and O–H groups in total. The predicted octanol–water partition coefficient (Wildman–Crippen LogP) is 2.35. The molecule has 0 radical (unpaired) electrons. The molecule has 0 saturated carbocycles. The topological polar surface area (TPSA) is 61.0 Å². The second-order valence-corrected chi connectivity index (χ2v) is 4.00. The molecule has 0 bridgehead atoms. The van der Waals surface area contributed by atoms with Gasteiger partial charge in [-0.25, -0.2) is 0 Å². The van der Waals surface area contributed by atoms with Crippen LogP contribution in [0.15, 0.2) is 24.3 Å². The number of methoxy groups -OCH3 is 1. The summed E-state index contributed by atoms with van der Waals surface area (Å²) >= 11 is 0. The minimum atomic E-state index is 0.414. The first kappa shape index (κ1) is 11.4. The molecule has 4 heteroatoms. The molecule has 0 aliphatic heterocycles. The molecule has 17 heavy (non-hydrogen) atoms. The van der Waals surface area contributed by atoms with E-state index in [9.17, 15) is 0 Å². The molecule has 0 fully saturated rings. The molecule has 4 nitrogen and oxygen atoms in total. The number of benzene rings is 1. The van der Waals surface area contributed by atoms with Crippen molar-refractivity contribution in [3.05, 3.63) is 35.4 Å². The average molecular weight is 229 g/mol. The zero-order chi connectivity index (χ0) is 12.4. The summed E-state index contributed by atoms with van der Waals surface area (Å²) in [7, 11) is 1.66. The number of hydrogen-bond acceptors (Lipinski definition) is 4. The van der Waals surface area contributed by atoms with Crippen LogP contribution in [0.1, 0.15) is 11.1 Å². The molecule has 1 heterocycles. The van der Waals surface area contributed by atoms with Crippen LogP contribution in [0.2, 0.25) is 0 Å². The lowest BCUT2D eigenvalue weighted by Crippen LogP contribution is -1.97. The van der Waals surface area contributed by atoms with Crippen molar-refractivity contribution >= 4 is 5.82 Å². The van der Waals surface area contributed by atoms with Crippen LogP contribution in [-0.2, 0) is 0 Å². The second kappa shape index (κ2) is 4.41. The first-order valence-corrected chi connectivity index (χ1v) is 5.36. The zero-order valence-corrected chi connectivity index (χ0v) is 10.2. The Morgan fingerprint density at radius 2 is 1.88 bits per heavy atom. The van der Waals surface area contributed by atoms with Crippen molar-refractivity contribution in [1.29, 1.82) is 0 Å². The summed E-state index contributed by atoms with van der Waals surface area (Å²) in [5.74, 6) is 1.22. The number of aryl methyl sites for hydroxylation is 2. The van der Waals surface area contributed by atoms with Gasteiger partial charge in [-0.3, -0.25) is 0 Å². The van der Waals surface area contributed by atoms with Gasteiger partial charge in [-0.1, -0.05) is 6.07 Å². The molecule has 0 unspecified atom stereocenters. The maximum Gasteiger partial charge on any atom is 0.146 e. The van der Waals surface area contributed by atoms with E-state index in [2.05, 4.69) is 16.3 Å². The number of ether oxygens (including phenoxy) is 1. The molecular weight excluding hydrogens is 214 g/mol. The fraction of sp³-hybridized carbons (Fsp3) is 0.231. The third-order valence-corrected chi connectivity index (χ3v) is 2.60. The molecule has 0 spiro atoms. The van der Waals surface area contributed by atoms with Crippen molar-refractivity contribution in [1.82, 2.24) is 10.2 Å². The van der Waals surface area contributed by atoms with E-state index in [0.717, 1.165) is 28.1 Å². The first-order valence-electron chi connectivity index (χ1n) is 5.36. The summed E-state index contributed by atoms with van der Waals surface area (Å²) < 4.78 is 5.39. The van der Waals surface area contributed by atoms with Crippen LogP contribution < -0.4 is 10.5 Å². The Bertz CT molecular complexity index is 535. The zero-order valence-electron chi connectivity index (χ0n) is 10.2. The molecule has 1 aromatic carbocycles. The van der Waals surface area contributed by atoms with E-state index in [0.29, 0.717) is 5.82 Å². The summed E-state index contributed by atoms with van der Waals surface area (Å²) in [6.07, 6.45) is 0. The number of nitrogens with zero attached hydrogens (tertiary/aromatic N) is 2. The Balaban J connectivity index is 2.61. The molecule has 2 aromatic rings. The molecular formula is C13H15N3O. The molecule has 0 amide bonds. The van der Waals surface area contributed by atoms with Crippen molar-refractivity contribution in [3.63, 3.8) is 0 Å². The van der Waals surface area contributed by atoms with E-state index in [4.69, 9.17) is 10.5 Å². The third kappa shape index (κ3) is 2.20. The number of nitrogens with two attached hydrogens (primary N) is 1. The third-order valence-electron chi connectivity index (χ3n) is 2.60. The summed E-state index contributed by atoms with van der Waals surface area (Å²) in [6, 6.07) is 7.67. The van der Waals surface area contributed by atoms with Gasteiger partial charge in [0.1, 0.15) is 11.6 Å². The van der Waals surface area contributed by atoms with Crippen LogP contribution >= 0.6 is 0 Å². The molecule has 0 aliphatic carbocycles. The highest BCUT2D eigenvalue weighted by Crippen LogP contribution is 2.32. The molecule has 0 atom stereocenters. The Morgan fingerprint density at radius 1 is 1.12 bits per heavy atom. The van der Waals surface area contributed by atoms with E-state index in [-0.39, 0.29) is 0 Å². The fourth-order valence-electron chi connectivity index (χ4n) is 1.89. The van der Waals surface area contributed by atoms with E-state index < -0.39 is 0 Å². The number of aromatic nitrogens is 2. The van der Waals surface area contributed by atoms with Crippen molar-refractivity contribution < 1.29 is 4.74 Å². The van der Waals surface area contributed by atoms with Crippen molar-refractivity contribution in [2.24, 2.45) is 0 Å². The van der Waals surface area contributed by atoms with Crippen LogP contribution in [0, 0.1) is 13.8 Å². The summed E-state index contributed by atoms with van der Waals surface area (Å²) in [6.45, 7) is 4.07. The molecule has 0 saturated heterocycles. The second-order valence-electron chi connectivity index (χ2n) is 4.00. The van der Waals surface area contributed by atoms with E-state index in [1.165, 1.54) is 0 Å². The Kier molecular flexibility index (Phi) is 2.95. The van der Waals surface area contributed by atoms with Gasteiger partial charge in [0.2, 0.25) is 0 Å². The summed E-state index contributed by atoms with van der Waals surface area (Å²) in [5, 5.41) is 7.96. The number of nitrogen functional groups attached to an aromatic ring is 1. The number of anilines is 1.